The summed E-state index contributed by atoms with van der Waals surface area (Å²) in [6.07, 6.45) is 6.71. The molecule has 1 unspecified atom stereocenters. The van der Waals surface area contributed by atoms with Gasteiger partial charge in [-0.3, -0.25) is 4.79 Å². The largest absolute Gasteiger partial charge is 0.354 e. The number of hydrogen-bond donors (Lipinski definition) is 2. The minimum Gasteiger partial charge on any atom is -0.354 e. The quantitative estimate of drug-likeness (QED) is 0.743. The molecule has 0 aromatic heterocycles. The zero-order valence-corrected chi connectivity index (χ0v) is 11.1. The van der Waals surface area contributed by atoms with Crippen molar-refractivity contribution >= 4 is 5.91 Å². The summed E-state index contributed by atoms with van der Waals surface area (Å²) in [6.45, 7) is 1.88. The van der Waals surface area contributed by atoms with Crippen LogP contribution >= 0.6 is 0 Å². The highest BCUT2D eigenvalue weighted by Gasteiger charge is 2.39. The van der Waals surface area contributed by atoms with Gasteiger partial charge in [-0.15, -0.1) is 0 Å². The third-order valence-electron chi connectivity index (χ3n) is 4.44. The van der Waals surface area contributed by atoms with E-state index in [2.05, 4.69) is 29.6 Å². The van der Waals surface area contributed by atoms with Gasteiger partial charge < -0.3 is 15.5 Å². The van der Waals surface area contributed by atoms with Crippen molar-refractivity contribution in [2.24, 2.45) is 0 Å². The van der Waals surface area contributed by atoms with Crippen molar-refractivity contribution in [1.29, 1.82) is 0 Å². The molecular weight excluding hydrogens is 214 g/mol. The summed E-state index contributed by atoms with van der Waals surface area (Å²) in [7, 11) is 4.23. The first kappa shape index (κ1) is 12.8. The molecule has 17 heavy (non-hydrogen) atoms. The fraction of sp³-hybridized carbons (Fsp3) is 0.923. The Bertz CT molecular complexity index is 268. The lowest BCUT2D eigenvalue weighted by Crippen LogP contribution is -2.57. The van der Waals surface area contributed by atoms with E-state index in [9.17, 15) is 4.79 Å². The van der Waals surface area contributed by atoms with E-state index < -0.39 is 0 Å². The van der Waals surface area contributed by atoms with Gasteiger partial charge in [-0.05, 0) is 52.7 Å². The Morgan fingerprint density at radius 2 is 2.18 bits per heavy atom. The highest BCUT2D eigenvalue weighted by atomic mass is 16.1. The molecule has 2 fully saturated rings. The zero-order valence-electron chi connectivity index (χ0n) is 11.1. The van der Waals surface area contributed by atoms with Gasteiger partial charge in [-0.2, -0.15) is 0 Å². The Kier molecular flexibility index (Phi) is 4.05. The number of carbonyl (C=O) groups excluding carboxylic acids is 1. The van der Waals surface area contributed by atoms with Crippen LogP contribution in [0, 0.1) is 0 Å². The van der Waals surface area contributed by atoms with E-state index in [0.717, 1.165) is 19.5 Å². The Morgan fingerprint density at radius 1 is 1.41 bits per heavy atom. The van der Waals surface area contributed by atoms with Gasteiger partial charge in [0.1, 0.15) is 0 Å². The summed E-state index contributed by atoms with van der Waals surface area (Å²) in [6, 6.07) is 0.409. The number of nitrogens with one attached hydrogen (secondary N) is 2. The molecule has 1 heterocycles. The third kappa shape index (κ3) is 2.99. The summed E-state index contributed by atoms with van der Waals surface area (Å²) in [5.41, 5.74) is 0.235. The molecule has 0 radical (unpaired) electrons. The Hall–Kier alpha value is -0.610. The number of nitrogens with zero attached hydrogens (tertiary/aromatic N) is 1. The first-order valence-corrected chi connectivity index (χ1v) is 6.80. The van der Waals surface area contributed by atoms with E-state index in [1.165, 1.54) is 25.7 Å². The second-order valence-electron chi connectivity index (χ2n) is 5.75. The van der Waals surface area contributed by atoms with E-state index in [4.69, 9.17) is 0 Å². The molecule has 1 aliphatic carbocycles. The smallest absolute Gasteiger partial charge is 0.221 e. The van der Waals surface area contributed by atoms with E-state index in [-0.39, 0.29) is 11.4 Å². The zero-order chi connectivity index (χ0) is 12.3. The van der Waals surface area contributed by atoms with Crippen LogP contribution in [-0.4, -0.2) is 49.6 Å². The maximum Gasteiger partial charge on any atom is 0.221 e. The van der Waals surface area contributed by atoms with Gasteiger partial charge in [0.2, 0.25) is 5.91 Å². The predicted octanol–water partition coefficient (Wildman–Crippen LogP) is 0.729. The molecule has 4 nitrogen and oxygen atoms in total. The van der Waals surface area contributed by atoms with Crippen LogP contribution in [0.5, 0.6) is 0 Å². The van der Waals surface area contributed by atoms with Crippen LogP contribution < -0.4 is 10.6 Å². The predicted molar refractivity (Wildman–Crippen MR) is 68.9 cm³/mol. The Balaban J connectivity index is 1.71. The first-order valence-electron chi connectivity index (χ1n) is 6.80. The van der Waals surface area contributed by atoms with Crippen LogP contribution in [0.15, 0.2) is 0 Å². The van der Waals surface area contributed by atoms with Crippen molar-refractivity contribution in [1.82, 2.24) is 15.5 Å². The molecule has 1 amide bonds. The van der Waals surface area contributed by atoms with Gasteiger partial charge in [0, 0.05) is 24.5 Å². The molecule has 2 N–H and O–H groups in total. The maximum absolute atomic E-state index is 11.8. The van der Waals surface area contributed by atoms with Gasteiger partial charge in [0.25, 0.3) is 0 Å². The van der Waals surface area contributed by atoms with Crippen molar-refractivity contribution < 1.29 is 4.79 Å². The van der Waals surface area contributed by atoms with Gasteiger partial charge in [-0.1, -0.05) is 0 Å². The van der Waals surface area contributed by atoms with Gasteiger partial charge in [-0.25, -0.2) is 0 Å². The fourth-order valence-corrected chi connectivity index (χ4v) is 2.86. The van der Waals surface area contributed by atoms with Crippen molar-refractivity contribution in [2.45, 2.75) is 50.1 Å². The number of hydrogen-bond acceptors (Lipinski definition) is 3. The number of likely N-dealkylation sites (N-methyl/N-ethyl adjacent to an activating group) is 1. The fourth-order valence-electron chi connectivity index (χ4n) is 2.86. The molecule has 2 aliphatic rings. The van der Waals surface area contributed by atoms with Crippen molar-refractivity contribution in [3.05, 3.63) is 0 Å². The van der Waals surface area contributed by atoms with Crippen molar-refractivity contribution in [2.75, 3.05) is 27.2 Å². The Morgan fingerprint density at radius 3 is 2.65 bits per heavy atom. The number of carbonyl (C=O) groups is 1. The van der Waals surface area contributed by atoms with Gasteiger partial charge >= 0.3 is 0 Å². The number of rotatable bonds is 5. The van der Waals surface area contributed by atoms with E-state index in [0.29, 0.717) is 12.5 Å². The molecular formula is C13H25N3O. The minimum absolute atomic E-state index is 0.206. The molecule has 98 valence electrons. The summed E-state index contributed by atoms with van der Waals surface area (Å²) in [5.74, 6) is 0.206. The molecule has 1 saturated heterocycles. The molecule has 4 heteroatoms. The van der Waals surface area contributed by atoms with E-state index in [1.54, 1.807) is 0 Å². The average molecular weight is 239 g/mol. The summed E-state index contributed by atoms with van der Waals surface area (Å²) in [4.78, 5) is 14.1. The summed E-state index contributed by atoms with van der Waals surface area (Å²) < 4.78 is 0. The molecule has 1 saturated carbocycles. The van der Waals surface area contributed by atoms with Crippen LogP contribution in [0.4, 0.5) is 0 Å². The molecule has 2 rings (SSSR count). The normalized spacial score (nSPS) is 26.9. The van der Waals surface area contributed by atoms with Crippen molar-refractivity contribution in [3.63, 3.8) is 0 Å². The Labute approximate surface area is 104 Å². The van der Waals surface area contributed by atoms with Gasteiger partial charge in [0.05, 0.1) is 0 Å². The third-order valence-corrected chi connectivity index (χ3v) is 4.44. The monoisotopic (exact) mass is 239 g/mol. The van der Waals surface area contributed by atoms with Crippen LogP contribution in [0.1, 0.15) is 38.5 Å². The average Bonchev–Trinajstić information content (AvgIpc) is 2.68. The maximum atomic E-state index is 11.8. The molecule has 0 bridgehead atoms. The second-order valence-corrected chi connectivity index (χ2v) is 5.75. The molecule has 0 aromatic rings. The summed E-state index contributed by atoms with van der Waals surface area (Å²) >= 11 is 0. The lowest BCUT2D eigenvalue weighted by molar-refractivity contribution is -0.122. The first-order chi connectivity index (χ1) is 8.12. The van der Waals surface area contributed by atoms with Crippen molar-refractivity contribution in [3.8, 4) is 0 Å². The molecule has 1 atom stereocenters. The van der Waals surface area contributed by atoms with Crippen LogP contribution in [0.25, 0.3) is 0 Å². The lowest BCUT2D eigenvalue weighted by Gasteiger charge is -2.47. The second kappa shape index (κ2) is 5.36. The van der Waals surface area contributed by atoms with Crippen LogP contribution in [0.3, 0.4) is 0 Å². The molecule has 1 aliphatic heterocycles. The lowest BCUT2D eigenvalue weighted by atomic mass is 9.75. The highest BCUT2D eigenvalue weighted by Crippen LogP contribution is 2.35. The van der Waals surface area contributed by atoms with E-state index >= 15 is 0 Å². The number of amides is 1. The van der Waals surface area contributed by atoms with Crippen LogP contribution in [0.2, 0.25) is 0 Å². The highest BCUT2D eigenvalue weighted by molar-refractivity contribution is 5.76. The van der Waals surface area contributed by atoms with Gasteiger partial charge in [0.15, 0.2) is 0 Å². The van der Waals surface area contributed by atoms with Crippen LogP contribution in [-0.2, 0) is 4.79 Å². The summed E-state index contributed by atoms with van der Waals surface area (Å²) in [5, 5.41) is 6.48. The SMILES string of the molecule is CN(C)C1(CNC(=O)CC2CCCN2)CCC1. The van der Waals surface area contributed by atoms with E-state index in [1.807, 2.05) is 0 Å². The standard InChI is InChI=1S/C13H25N3O/c1-16(2)13(6-4-7-13)10-15-12(17)9-11-5-3-8-14-11/h11,14H,3-10H2,1-2H3,(H,15,17). The molecule has 0 aromatic carbocycles. The molecule has 0 spiro atoms. The topological polar surface area (TPSA) is 44.4 Å². The minimum atomic E-state index is 0.206.